The average molecular weight is 313 g/mol. The Morgan fingerprint density at radius 3 is 2.48 bits per heavy atom. The van der Waals surface area contributed by atoms with Crippen molar-refractivity contribution in [2.45, 2.75) is 43.4 Å². The highest BCUT2D eigenvalue weighted by Gasteiger charge is 2.30. The number of hydrogen-bond acceptors (Lipinski definition) is 5. The number of hydrogen-bond donors (Lipinski definition) is 1. The number of fused-ring (bicyclic) bond motifs is 1. The quantitative estimate of drug-likeness (QED) is 0.870. The maximum absolute atomic E-state index is 12.8. The maximum Gasteiger partial charge on any atom is 0.182 e. The molecule has 0 saturated heterocycles. The Morgan fingerprint density at radius 2 is 1.86 bits per heavy atom. The number of ether oxygens (including phenoxy) is 2. The third-order valence-electron chi connectivity index (χ3n) is 3.80. The van der Waals surface area contributed by atoms with Crippen molar-refractivity contribution in [3.63, 3.8) is 0 Å². The highest BCUT2D eigenvalue weighted by molar-refractivity contribution is 7.92. The lowest BCUT2D eigenvalue weighted by Crippen LogP contribution is -2.42. The predicted molar refractivity (Wildman–Crippen MR) is 81.8 cm³/mol. The first-order valence-corrected chi connectivity index (χ1v) is 8.92. The lowest BCUT2D eigenvalue weighted by Gasteiger charge is -2.24. The summed E-state index contributed by atoms with van der Waals surface area (Å²) in [5.74, 6) is 1.11. The zero-order valence-corrected chi connectivity index (χ0v) is 13.6. The third kappa shape index (κ3) is 3.32. The second kappa shape index (κ2) is 6.66. The first-order valence-electron chi connectivity index (χ1n) is 7.37. The molecule has 1 heterocycles. The molecule has 118 valence electrons. The smallest absolute Gasteiger partial charge is 0.182 e. The number of benzene rings is 1. The van der Waals surface area contributed by atoms with Gasteiger partial charge in [-0.3, -0.25) is 0 Å². The molecule has 21 heavy (non-hydrogen) atoms. The summed E-state index contributed by atoms with van der Waals surface area (Å²) in [7, 11) is -3.40. The molecule has 0 aromatic heterocycles. The van der Waals surface area contributed by atoms with Gasteiger partial charge in [-0.05, 0) is 32.0 Å². The molecule has 1 N–H and O–H groups in total. The van der Waals surface area contributed by atoms with Crippen molar-refractivity contribution < 1.29 is 17.9 Å². The number of nitrogens with one attached hydrogen (secondary N) is 1. The van der Waals surface area contributed by atoms with Crippen LogP contribution in [0, 0.1) is 0 Å². The predicted octanol–water partition coefficient (Wildman–Crippen LogP) is 2.01. The van der Waals surface area contributed by atoms with Gasteiger partial charge in [0.1, 0.15) is 13.2 Å². The summed E-state index contributed by atoms with van der Waals surface area (Å²) < 4.78 is 36.4. The summed E-state index contributed by atoms with van der Waals surface area (Å²) in [6.45, 7) is 7.41. The fourth-order valence-electron chi connectivity index (χ4n) is 2.54. The van der Waals surface area contributed by atoms with Crippen LogP contribution in [0.4, 0.5) is 0 Å². The van der Waals surface area contributed by atoms with Gasteiger partial charge >= 0.3 is 0 Å². The fourth-order valence-corrected chi connectivity index (χ4v) is 4.22. The Balaban J connectivity index is 2.30. The second-order valence-corrected chi connectivity index (χ2v) is 7.43. The van der Waals surface area contributed by atoms with E-state index < -0.39 is 15.1 Å². The van der Waals surface area contributed by atoms with E-state index in [9.17, 15) is 8.42 Å². The lowest BCUT2D eigenvalue weighted by molar-refractivity contribution is 0.171. The molecule has 1 aliphatic rings. The van der Waals surface area contributed by atoms with E-state index in [0.717, 1.165) is 13.0 Å². The first kappa shape index (κ1) is 16.1. The molecule has 0 spiro atoms. The highest BCUT2D eigenvalue weighted by Crippen LogP contribution is 2.33. The van der Waals surface area contributed by atoms with Gasteiger partial charge in [0.2, 0.25) is 0 Å². The van der Waals surface area contributed by atoms with Crippen molar-refractivity contribution in [2.24, 2.45) is 0 Å². The molecule has 1 aromatic rings. The molecule has 2 unspecified atom stereocenters. The molecule has 0 fully saturated rings. The standard InChI is InChI=1S/C15H23NO4S/c1-4-13(16-5-2)11(3)21(17,18)12-6-7-14-15(10-12)20-9-8-19-14/h6-7,10-11,13,16H,4-5,8-9H2,1-3H3. The molecule has 0 bridgehead atoms. The molecule has 2 rings (SSSR count). The topological polar surface area (TPSA) is 64.6 Å². The van der Waals surface area contributed by atoms with Crippen molar-refractivity contribution >= 4 is 9.84 Å². The average Bonchev–Trinajstić information content (AvgIpc) is 2.51. The molecule has 0 amide bonds. The summed E-state index contributed by atoms with van der Waals surface area (Å²) in [6, 6.07) is 4.77. The Bertz CT molecular complexity index is 585. The normalized spacial score (nSPS) is 17.3. The van der Waals surface area contributed by atoms with Gasteiger partial charge in [0.25, 0.3) is 0 Å². The van der Waals surface area contributed by atoms with Gasteiger partial charge in [0, 0.05) is 12.1 Å². The van der Waals surface area contributed by atoms with E-state index in [2.05, 4.69) is 5.32 Å². The second-order valence-electron chi connectivity index (χ2n) is 5.13. The summed E-state index contributed by atoms with van der Waals surface area (Å²) in [5, 5.41) is 2.74. The van der Waals surface area contributed by atoms with Gasteiger partial charge in [-0.2, -0.15) is 0 Å². The molecule has 2 atom stereocenters. The fraction of sp³-hybridized carbons (Fsp3) is 0.600. The van der Waals surface area contributed by atoms with E-state index in [-0.39, 0.29) is 10.9 Å². The van der Waals surface area contributed by atoms with Crippen LogP contribution in [0.2, 0.25) is 0 Å². The molecule has 5 nitrogen and oxygen atoms in total. The molecule has 1 aliphatic heterocycles. The van der Waals surface area contributed by atoms with Crippen molar-refractivity contribution in [2.75, 3.05) is 19.8 Å². The van der Waals surface area contributed by atoms with E-state index in [4.69, 9.17) is 9.47 Å². The number of sulfone groups is 1. The highest BCUT2D eigenvalue weighted by atomic mass is 32.2. The van der Waals surface area contributed by atoms with E-state index in [1.807, 2.05) is 13.8 Å². The van der Waals surface area contributed by atoms with Gasteiger partial charge in [-0.15, -0.1) is 0 Å². The van der Waals surface area contributed by atoms with Crippen LogP contribution < -0.4 is 14.8 Å². The van der Waals surface area contributed by atoms with Crippen LogP contribution in [0.5, 0.6) is 11.5 Å². The monoisotopic (exact) mass is 313 g/mol. The lowest BCUT2D eigenvalue weighted by atomic mass is 10.2. The van der Waals surface area contributed by atoms with Gasteiger partial charge < -0.3 is 14.8 Å². The Kier molecular flexibility index (Phi) is 5.11. The molecule has 0 saturated carbocycles. The zero-order valence-electron chi connectivity index (χ0n) is 12.8. The van der Waals surface area contributed by atoms with Crippen LogP contribution >= 0.6 is 0 Å². The van der Waals surface area contributed by atoms with Crippen molar-refractivity contribution in [3.8, 4) is 11.5 Å². The summed E-state index contributed by atoms with van der Waals surface area (Å²) in [5.41, 5.74) is 0. The van der Waals surface area contributed by atoms with Crippen LogP contribution in [0.3, 0.4) is 0 Å². The Hall–Kier alpha value is -1.27. The molecule has 0 radical (unpaired) electrons. The van der Waals surface area contributed by atoms with Crippen LogP contribution in [-0.4, -0.2) is 39.5 Å². The summed E-state index contributed by atoms with van der Waals surface area (Å²) in [6.07, 6.45) is 0.763. The Morgan fingerprint density at radius 1 is 1.19 bits per heavy atom. The minimum Gasteiger partial charge on any atom is -0.486 e. The van der Waals surface area contributed by atoms with Gasteiger partial charge in [0.05, 0.1) is 10.1 Å². The Labute approximate surface area is 126 Å². The van der Waals surface area contributed by atoms with Gasteiger partial charge in [-0.25, -0.2) is 8.42 Å². The largest absolute Gasteiger partial charge is 0.486 e. The summed E-state index contributed by atoms with van der Waals surface area (Å²) >= 11 is 0. The first-order chi connectivity index (χ1) is 10.0. The molecular formula is C15H23NO4S. The van der Waals surface area contributed by atoms with Crippen LogP contribution in [0.15, 0.2) is 23.1 Å². The van der Waals surface area contributed by atoms with Gasteiger partial charge in [0.15, 0.2) is 21.3 Å². The van der Waals surface area contributed by atoms with Gasteiger partial charge in [-0.1, -0.05) is 13.8 Å². The number of rotatable bonds is 6. The van der Waals surface area contributed by atoms with E-state index in [1.54, 1.807) is 25.1 Å². The maximum atomic E-state index is 12.8. The third-order valence-corrected chi connectivity index (χ3v) is 6.02. The van der Waals surface area contributed by atoms with Crippen LogP contribution in [0.1, 0.15) is 27.2 Å². The van der Waals surface area contributed by atoms with Crippen molar-refractivity contribution in [1.82, 2.24) is 5.32 Å². The van der Waals surface area contributed by atoms with E-state index in [0.29, 0.717) is 24.7 Å². The van der Waals surface area contributed by atoms with E-state index >= 15 is 0 Å². The molecule has 6 heteroatoms. The van der Waals surface area contributed by atoms with Crippen molar-refractivity contribution in [3.05, 3.63) is 18.2 Å². The molecule has 1 aromatic carbocycles. The molecule has 0 aliphatic carbocycles. The minimum absolute atomic E-state index is 0.0619. The summed E-state index contributed by atoms with van der Waals surface area (Å²) in [4.78, 5) is 0.288. The van der Waals surface area contributed by atoms with Crippen molar-refractivity contribution in [1.29, 1.82) is 0 Å². The van der Waals surface area contributed by atoms with Crippen LogP contribution in [-0.2, 0) is 9.84 Å². The minimum atomic E-state index is -3.40. The van der Waals surface area contributed by atoms with E-state index in [1.165, 1.54) is 0 Å². The SMILES string of the molecule is CCNC(CC)C(C)S(=O)(=O)c1ccc2c(c1)OCCO2. The van der Waals surface area contributed by atoms with Crippen LogP contribution in [0.25, 0.3) is 0 Å². The molecular weight excluding hydrogens is 290 g/mol. The zero-order chi connectivity index (χ0) is 15.5.